The van der Waals surface area contributed by atoms with Crippen LogP contribution in [-0.4, -0.2) is 6.61 Å². The van der Waals surface area contributed by atoms with E-state index in [4.69, 9.17) is 10.5 Å². The minimum atomic E-state index is 0.168. The summed E-state index contributed by atoms with van der Waals surface area (Å²) < 4.78 is 5.48. The normalized spacial score (nSPS) is 17.1. The molecule has 2 N–H and O–H groups in total. The third-order valence-corrected chi connectivity index (χ3v) is 3.18. The Morgan fingerprint density at radius 2 is 2.25 bits per heavy atom. The molecule has 88 valence electrons. The van der Waals surface area contributed by atoms with E-state index in [0.29, 0.717) is 6.61 Å². The Bertz CT molecular complexity index is 333. The molecular formula is C14H21NO. The average Bonchev–Trinajstić information content (AvgIpc) is 3.10. The van der Waals surface area contributed by atoms with Crippen molar-refractivity contribution < 1.29 is 4.74 Å². The van der Waals surface area contributed by atoms with E-state index in [1.807, 2.05) is 19.1 Å². The molecule has 0 amide bonds. The zero-order chi connectivity index (χ0) is 11.4. The van der Waals surface area contributed by atoms with Crippen LogP contribution >= 0.6 is 0 Å². The molecule has 0 spiro atoms. The molecule has 1 aliphatic rings. The number of hydrogen-bond acceptors (Lipinski definition) is 2. The average molecular weight is 219 g/mol. The second kappa shape index (κ2) is 5.35. The first kappa shape index (κ1) is 11.5. The molecule has 0 heterocycles. The predicted molar refractivity (Wildman–Crippen MR) is 66.5 cm³/mol. The van der Waals surface area contributed by atoms with Crippen molar-refractivity contribution in [2.24, 2.45) is 11.7 Å². The molecule has 1 aliphatic carbocycles. The van der Waals surface area contributed by atoms with Gasteiger partial charge in [0.05, 0.1) is 6.61 Å². The number of benzene rings is 1. The number of hydrogen-bond donors (Lipinski definition) is 1. The van der Waals surface area contributed by atoms with Crippen molar-refractivity contribution in [3.05, 3.63) is 29.8 Å². The molecule has 2 heteroatoms. The topological polar surface area (TPSA) is 35.2 Å². The summed E-state index contributed by atoms with van der Waals surface area (Å²) in [4.78, 5) is 0. The van der Waals surface area contributed by atoms with Gasteiger partial charge in [-0.3, -0.25) is 0 Å². The molecule has 1 aromatic rings. The van der Waals surface area contributed by atoms with Gasteiger partial charge >= 0.3 is 0 Å². The van der Waals surface area contributed by atoms with E-state index in [1.165, 1.54) is 24.8 Å². The lowest BCUT2D eigenvalue weighted by molar-refractivity contribution is 0.339. The van der Waals surface area contributed by atoms with Gasteiger partial charge in [0, 0.05) is 6.04 Å². The number of ether oxygens (including phenoxy) is 1. The highest BCUT2D eigenvalue weighted by atomic mass is 16.5. The highest BCUT2D eigenvalue weighted by molar-refractivity contribution is 5.30. The first-order valence-electron chi connectivity index (χ1n) is 6.28. The third kappa shape index (κ3) is 3.24. The van der Waals surface area contributed by atoms with Gasteiger partial charge in [0.2, 0.25) is 0 Å². The van der Waals surface area contributed by atoms with Crippen molar-refractivity contribution in [3.8, 4) is 5.75 Å². The lowest BCUT2D eigenvalue weighted by Crippen LogP contribution is -2.10. The van der Waals surface area contributed by atoms with Crippen LogP contribution in [0.3, 0.4) is 0 Å². The first-order valence-corrected chi connectivity index (χ1v) is 6.28. The summed E-state index contributed by atoms with van der Waals surface area (Å²) >= 11 is 0. The van der Waals surface area contributed by atoms with E-state index >= 15 is 0 Å². The monoisotopic (exact) mass is 219 g/mol. The molecule has 1 saturated carbocycles. The minimum absolute atomic E-state index is 0.168. The van der Waals surface area contributed by atoms with Gasteiger partial charge in [0.1, 0.15) is 5.75 Å². The molecule has 1 atom stereocenters. The summed E-state index contributed by atoms with van der Waals surface area (Å²) in [5, 5.41) is 0. The molecule has 0 bridgehead atoms. The molecule has 2 nitrogen and oxygen atoms in total. The largest absolute Gasteiger partial charge is 0.494 e. The van der Waals surface area contributed by atoms with Crippen molar-refractivity contribution >= 4 is 0 Å². The molecule has 1 unspecified atom stereocenters. The van der Waals surface area contributed by atoms with Crippen LogP contribution in [0.2, 0.25) is 0 Å². The van der Waals surface area contributed by atoms with E-state index < -0.39 is 0 Å². The zero-order valence-electron chi connectivity index (χ0n) is 9.99. The summed E-state index contributed by atoms with van der Waals surface area (Å²) in [6.45, 7) is 2.71. The lowest BCUT2D eigenvalue weighted by Gasteiger charge is -2.13. The second-order valence-corrected chi connectivity index (χ2v) is 4.63. The zero-order valence-corrected chi connectivity index (χ0v) is 9.99. The van der Waals surface area contributed by atoms with Crippen LogP contribution < -0.4 is 10.5 Å². The van der Waals surface area contributed by atoms with Crippen LogP contribution in [0.5, 0.6) is 5.75 Å². The Balaban J connectivity index is 1.92. The fraction of sp³-hybridized carbons (Fsp3) is 0.571. The summed E-state index contributed by atoms with van der Waals surface area (Å²) in [6.07, 6.45) is 5.19. The van der Waals surface area contributed by atoms with Crippen LogP contribution in [0.1, 0.15) is 44.2 Å². The Kier molecular flexibility index (Phi) is 3.83. The van der Waals surface area contributed by atoms with Gasteiger partial charge in [0.25, 0.3) is 0 Å². The Labute approximate surface area is 97.8 Å². The Morgan fingerprint density at radius 1 is 1.44 bits per heavy atom. The van der Waals surface area contributed by atoms with Gasteiger partial charge in [-0.25, -0.2) is 0 Å². The predicted octanol–water partition coefficient (Wildman–Crippen LogP) is 3.28. The summed E-state index contributed by atoms with van der Waals surface area (Å²) in [7, 11) is 0. The van der Waals surface area contributed by atoms with Gasteiger partial charge in [-0.1, -0.05) is 25.0 Å². The standard InChI is InChI=1S/C14H21NO/c1-2-16-13-5-3-4-12(10-13)14(15)9-8-11-6-7-11/h3-5,10-11,14H,2,6-9,15H2,1H3. The van der Waals surface area contributed by atoms with Crippen LogP contribution in [0, 0.1) is 5.92 Å². The van der Waals surface area contributed by atoms with Crippen molar-refractivity contribution in [1.82, 2.24) is 0 Å². The maximum atomic E-state index is 6.18. The van der Waals surface area contributed by atoms with E-state index in [-0.39, 0.29) is 6.04 Å². The minimum Gasteiger partial charge on any atom is -0.494 e. The Hall–Kier alpha value is -1.02. The molecular weight excluding hydrogens is 198 g/mol. The maximum Gasteiger partial charge on any atom is 0.119 e. The van der Waals surface area contributed by atoms with Crippen LogP contribution in [0.25, 0.3) is 0 Å². The van der Waals surface area contributed by atoms with Crippen LogP contribution in [0.4, 0.5) is 0 Å². The van der Waals surface area contributed by atoms with Crippen LogP contribution in [-0.2, 0) is 0 Å². The lowest BCUT2D eigenvalue weighted by atomic mass is 10.0. The third-order valence-electron chi connectivity index (χ3n) is 3.18. The van der Waals surface area contributed by atoms with Gasteiger partial charge in [-0.15, -0.1) is 0 Å². The highest BCUT2D eigenvalue weighted by Crippen LogP contribution is 2.35. The molecule has 0 aliphatic heterocycles. The van der Waals surface area contributed by atoms with Gasteiger partial charge in [-0.2, -0.15) is 0 Å². The summed E-state index contributed by atoms with van der Waals surface area (Å²) in [5.74, 6) is 1.89. The van der Waals surface area contributed by atoms with Gasteiger partial charge in [0.15, 0.2) is 0 Å². The molecule has 0 radical (unpaired) electrons. The van der Waals surface area contributed by atoms with E-state index in [2.05, 4.69) is 12.1 Å². The van der Waals surface area contributed by atoms with Gasteiger partial charge < -0.3 is 10.5 Å². The van der Waals surface area contributed by atoms with Gasteiger partial charge in [-0.05, 0) is 43.4 Å². The highest BCUT2D eigenvalue weighted by Gasteiger charge is 2.21. The van der Waals surface area contributed by atoms with E-state index in [1.54, 1.807) is 0 Å². The number of rotatable bonds is 6. The van der Waals surface area contributed by atoms with Crippen molar-refractivity contribution in [2.75, 3.05) is 6.61 Å². The summed E-state index contributed by atoms with van der Waals surface area (Å²) in [6, 6.07) is 8.35. The molecule has 16 heavy (non-hydrogen) atoms. The fourth-order valence-electron chi connectivity index (χ4n) is 1.99. The van der Waals surface area contributed by atoms with Crippen molar-refractivity contribution in [1.29, 1.82) is 0 Å². The Morgan fingerprint density at radius 3 is 2.94 bits per heavy atom. The molecule has 0 aromatic heterocycles. The molecule has 1 fully saturated rings. The van der Waals surface area contributed by atoms with E-state index in [9.17, 15) is 0 Å². The van der Waals surface area contributed by atoms with Crippen molar-refractivity contribution in [3.63, 3.8) is 0 Å². The smallest absolute Gasteiger partial charge is 0.119 e. The SMILES string of the molecule is CCOc1cccc(C(N)CCC2CC2)c1. The first-order chi connectivity index (χ1) is 7.79. The van der Waals surface area contributed by atoms with Crippen molar-refractivity contribution in [2.45, 2.75) is 38.6 Å². The summed E-state index contributed by atoms with van der Waals surface area (Å²) in [5.41, 5.74) is 7.38. The van der Waals surface area contributed by atoms with Crippen LogP contribution in [0.15, 0.2) is 24.3 Å². The maximum absolute atomic E-state index is 6.18. The fourth-order valence-corrected chi connectivity index (χ4v) is 1.99. The molecule has 2 rings (SSSR count). The second-order valence-electron chi connectivity index (χ2n) is 4.63. The number of nitrogens with two attached hydrogens (primary N) is 1. The quantitative estimate of drug-likeness (QED) is 0.797. The molecule has 0 saturated heterocycles. The van der Waals surface area contributed by atoms with E-state index in [0.717, 1.165) is 18.1 Å². The molecule has 1 aromatic carbocycles.